The molecule has 334 valence electrons. The highest BCUT2D eigenvalue weighted by Gasteiger charge is 2.35. The lowest BCUT2D eigenvalue weighted by Crippen LogP contribution is -2.14. The van der Waals surface area contributed by atoms with E-state index in [9.17, 15) is 0 Å². The Labute approximate surface area is 411 Å². The van der Waals surface area contributed by atoms with E-state index in [0.29, 0.717) is 5.82 Å². The Morgan fingerprint density at radius 3 is 1.35 bits per heavy atom. The minimum atomic E-state index is -0.0605. The normalized spacial score (nSPS) is 12.8. The summed E-state index contributed by atoms with van der Waals surface area (Å²) in [6, 6.07) is 81.9. The van der Waals surface area contributed by atoms with Gasteiger partial charge in [-0.15, -0.1) is 0 Å². The van der Waals surface area contributed by atoms with E-state index in [2.05, 4.69) is 202 Å². The number of hydrogen-bond donors (Lipinski definition) is 0. The summed E-state index contributed by atoms with van der Waals surface area (Å²) in [6.07, 6.45) is 0. The van der Waals surface area contributed by atoms with Crippen molar-refractivity contribution < 1.29 is 8.83 Å². The van der Waals surface area contributed by atoms with Gasteiger partial charge in [0.05, 0.1) is 11.4 Å². The van der Waals surface area contributed by atoms with E-state index in [-0.39, 0.29) is 5.41 Å². The zero-order chi connectivity index (χ0) is 47.2. The maximum atomic E-state index is 6.61. The molecule has 13 aromatic rings. The first kappa shape index (κ1) is 40.9. The molecular weight excluding hydrogens is 865 g/mol. The summed E-state index contributed by atoms with van der Waals surface area (Å²) in [5.41, 5.74) is 22.3. The van der Waals surface area contributed by atoms with Crippen LogP contribution in [0.5, 0.6) is 0 Å². The minimum Gasteiger partial charge on any atom is -0.455 e. The lowest BCUT2D eigenvalue weighted by molar-refractivity contribution is 0.660. The zero-order valence-corrected chi connectivity index (χ0v) is 39.2. The van der Waals surface area contributed by atoms with Gasteiger partial charge in [0.15, 0.2) is 5.82 Å². The van der Waals surface area contributed by atoms with Crippen molar-refractivity contribution in [2.45, 2.75) is 19.3 Å². The molecule has 1 aliphatic carbocycles. The molecule has 4 nitrogen and oxygen atoms in total. The van der Waals surface area contributed by atoms with Crippen LogP contribution in [0, 0.1) is 0 Å². The van der Waals surface area contributed by atoms with Crippen LogP contribution in [0.1, 0.15) is 25.0 Å². The van der Waals surface area contributed by atoms with Crippen LogP contribution in [0.15, 0.2) is 239 Å². The van der Waals surface area contributed by atoms with Crippen LogP contribution in [-0.2, 0) is 5.41 Å². The maximum Gasteiger partial charge on any atom is 0.160 e. The number of nitrogens with zero attached hydrogens (tertiary/aromatic N) is 2. The highest BCUT2D eigenvalue weighted by Crippen LogP contribution is 2.50. The second-order valence-corrected chi connectivity index (χ2v) is 19.3. The lowest BCUT2D eigenvalue weighted by atomic mass is 9.81. The molecule has 0 aliphatic heterocycles. The molecule has 3 heterocycles. The molecule has 0 saturated carbocycles. The first-order valence-corrected chi connectivity index (χ1v) is 24.3. The Hall–Kier alpha value is -9.12. The molecule has 1 aliphatic rings. The Kier molecular flexibility index (Phi) is 9.21. The molecular formula is C67H44N2O2. The smallest absolute Gasteiger partial charge is 0.160 e. The van der Waals surface area contributed by atoms with E-state index in [1.54, 1.807) is 0 Å². The molecule has 0 fully saturated rings. The molecule has 3 aromatic heterocycles. The molecule has 0 bridgehead atoms. The van der Waals surface area contributed by atoms with E-state index in [1.807, 2.05) is 42.5 Å². The van der Waals surface area contributed by atoms with Crippen molar-refractivity contribution in [1.82, 2.24) is 9.97 Å². The van der Waals surface area contributed by atoms with Crippen molar-refractivity contribution in [3.63, 3.8) is 0 Å². The summed E-state index contributed by atoms with van der Waals surface area (Å²) in [7, 11) is 0. The summed E-state index contributed by atoms with van der Waals surface area (Å²) >= 11 is 0. The standard InChI is InChI=1S/C67H44N2O2/c1-67(2)58-23-9-6-16-52(58)53-35-34-46(39-59(53)67)41-26-30-43(31-27-41)60-40-61(69-66(68-60)45-14-4-3-5-15-45)44-32-28-42(29-33-44)47-36-48(50-19-12-21-56-54-17-7-10-24-62(54)70-64(50)56)38-49(37-47)51-20-13-22-57-55-18-8-11-25-63(55)71-65(51)57/h3-40H,1-2H3. The summed E-state index contributed by atoms with van der Waals surface area (Å²) in [4.78, 5) is 10.4. The van der Waals surface area contributed by atoms with E-state index in [1.165, 1.54) is 33.4 Å². The van der Waals surface area contributed by atoms with Gasteiger partial charge in [-0.1, -0.05) is 202 Å². The largest absolute Gasteiger partial charge is 0.455 e. The molecule has 0 amide bonds. The summed E-state index contributed by atoms with van der Waals surface area (Å²) in [5, 5.41) is 4.40. The van der Waals surface area contributed by atoms with Gasteiger partial charge in [0.25, 0.3) is 0 Å². The highest BCUT2D eigenvalue weighted by molar-refractivity contribution is 6.12. The summed E-state index contributed by atoms with van der Waals surface area (Å²) in [5.74, 6) is 0.684. The predicted octanol–water partition coefficient (Wildman–Crippen LogP) is 18.3. The minimum absolute atomic E-state index is 0.0605. The van der Waals surface area contributed by atoms with E-state index >= 15 is 0 Å². The first-order valence-electron chi connectivity index (χ1n) is 24.3. The van der Waals surface area contributed by atoms with Gasteiger partial charge in [-0.25, -0.2) is 9.97 Å². The molecule has 0 radical (unpaired) electrons. The van der Waals surface area contributed by atoms with Gasteiger partial charge in [-0.2, -0.15) is 0 Å². The second kappa shape index (κ2) is 16.0. The Morgan fingerprint density at radius 1 is 0.296 bits per heavy atom. The molecule has 71 heavy (non-hydrogen) atoms. The fourth-order valence-corrected chi connectivity index (χ4v) is 11.1. The number of para-hydroxylation sites is 4. The van der Waals surface area contributed by atoms with Crippen LogP contribution in [0.25, 0.3) is 133 Å². The first-order chi connectivity index (χ1) is 34.9. The van der Waals surface area contributed by atoms with Crippen molar-refractivity contribution in [2.75, 3.05) is 0 Å². The van der Waals surface area contributed by atoms with Crippen LogP contribution in [-0.4, -0.2) is 9.97 Å². The van der Waals surface area contributed by atoms with Crippen LogP contribution in [0.4, 0.5) is 0 Å². The van der Waals surface area contributed by atoms with E-state index in [4.69, 9.17) is 18.8 Å². The monoisotopic (exact) mass is 908 g/mol. The number of rotatable bonds is 7. The topological polar surface area (TPSA) is 52.1 Å². The molecule has 0 N–H and O–H groups in total. The van der Waals surface area contributed by atoms with Gasteiger partial charge in [-0.3, -0.25) is 0 Å². The van der Waals surface area contributed by atoms with Gasteiger partial charge in [0.2, 0.25) is 0 Å². The molecule has 0 saturated heterocycles. The third kappa shape index (κ3) is 6.75. The molecule has 0 atom stereocenters. The Balaban J connectivity index is 0.857. The molecule has 10 aromatic carbocycles. The Bertz CT molecular complexity index is 4100. The maximum absolute atomic E-state index is 6.61. The van der Waals surface area contributed by atoms with Gasteiger partial charge < -0.3 is 8.83 Å². The number of furan rings is 2. The summed E-state index contributed by atoms with van der Waals surface area (Å²) in [6.45, 7) is 4.67. The van der Waals surface area contributed by atoms with Crippen molar-refractivity contribution in [2.24, 2.45) is 0 Å². The van der Waals surface area contributed by atoms with Crippen molar-refractivity contribution in [3.05, 3.63) is 242 Å². The fourth-order valence-electron chi connectivity index (χ4n) is 11.1. The van der Waals surface area contributed by atoms with Gasteiger partial charge >= 0.3 is 0 Å². The Morgan fingerprint density at radius 2 is 0.746 bits per heavy atom. The third-order valence-electron chi connectivity index (χ3n) is 14.7. The van der Waals surface area contributed by atoms with Crippen molar-refractivity contribution in [3.8, 4) is 89.5 Å². The molecule has 0 unspecified atom stereocenters. The van der Waals surface area contributed by atoms with Crippen LogP contribution < -0.4 is 0 Å². The number of benzene rings is 10. The second-order valence-electron chi connectivity index (χ2n) is 19.3. The quantitative estimate of drug-likeness (QED) is 0.160. The van der Waals surface area contributed by atoms with Crippen molar-refractivity contribution in [1.29, 1.82) is 0 Å². The number of hydrogen-bond acceptors (Lipinski definition) is 4. The van der Waals surface area contributed by atoms with Crippen LogP contribution in [0.2, 0.25) is 0 Å². The zero-order valence-electron chi connectivity index (χ0n) is 39.2. The van der Waals surface area contributed by atoms with Gasteiger partial charge in [-0.05, 0) is 98.1 Å². The van der Waals surface area contributed by atoms with Crippen LogP contribution in [0.3, 0.4) is 0 Å². The third-order valence-corrected chi connectivity index (χ3v) is 14.7. The van der Waals surface area contributed by atoms with Gasteiger partial charge in [0, 0.05) is 54.8 Å². The van der Waals surface area contributed by atoms with Crippen LogP contribution >= 0.6 is 0 Å². The SMILES string of the molecule is CC1(C)c2ccccc2-c2ccc(-c3ccc(-c4cc(-c5ccc(-c6cc(-c7cccc8c7oc7ccccc78)cc(-c7cccc8c7oc7ccccc78)c6)cc5)nc(-c5ccccc5)n4)cc3)cc21. The lowest BCUT2D eigenvalue weighted by Gasteiger charge is -2.22. The molecule has 4 heteroatoms. The molecule has 14 rings (SSSR count). The van der Waals surface area contributed by atoms with Crippen molar-refractivity contribution >= 4 is 43.9 Å². The predicted molar refractivity (Wildman–Crippen MR) is 292 cm³/mol. The van der Waals surface area contributed by atoms with Gasteiger partial charge in [0.1, 0.15) is 22.3 Å². The number of aromatic nitrogens is 2. The fraction of sp³-hybridized carbons (Fsp3) is 0.0448. The average molecular weight is 909 g/mol. The average Bonchev–Trinajstić information content (AvgIpc) is 4.08. The molecule has 0 spiro atoms. The number of fused-ring (bicyclic) bond motifs is 9. The van der Waals surface area contributed by atoms with E-state index in [0.717, 1.165) is 105 Å². The highest BCUT2D eigenvalue weighted by atomic mass is 16.3. The van der Waals surface area contributed by atoms with E-state index < -0.39 is 0 Å². The summed E-state index contributed by atoms with van der Waals surface area (Å²) < 4.78 is 13.2.